The third kappa shape index (κ3) is 6.38. The average Bonchev–Trinajstić information content (AvgIpc) is 3.31. The second kappa shape index (κ2) is 11.5. The number of likely N-dealkylation sites (N-methyl/N-ethyl adjacent to an activating group) is 1. The Labute approximate surface area is 222 Å². The molecule has 2 aromatic carbocycles. The molecule has 0 amide bonds. The van der Waals surface area contributed by atoms with E-state index in [0.717, 1.165) is 30.6 Å². The van der Waals surface area contributed by atoms with E-state index < -0.39 is 10.0 Å². The summed E-state index contributed by atoms with van der Waals surface area (Å²) in [5.74, 6) is 2.07. The van der Waals surface area contributed by atoms with Crippen LogP contribution in [-0.2, 0) is 23.1 Å². The predicted octanol–water partition coefficient (Wildman–Crippen LogP) is 4.34. The SMILES string of the molecule is COc1ccc(COc2nc3c(cc2NS(=O)(=O)c2cccc(Cl)c2C)CCN3)cc1OCCN(C)C. The molecule has 11 heteroatoms. The van der Waals surface area contributed by atoms with Crippen molar-refractivity contribution in [3.63, 3.8) is 0 Å². The highest BCUT2D eigenvalue weighted by Crippen LogP contribution is 2.34. The van der Waals surface area contributed by atoms with Gasteiger partial charge in [-0.3, -0.25) is 4.72 Å². The molecule has 4 rings (SSSR count). The number of sulfonamides is 1. The zero-order valence-corrected chi connectivity index (χ0v) is 22.9. The minimum absolute atomic E-state index is 0.0965. The van der Waals surface area contributed by atoms with Gasteiger partial charge in [0, 0.05) is 18.1 Å². The quantitative estimate of drug-likeness (QED) is 0.366. The third-order valence-corrected chi connectivity index (χ3v) is 7.82. The summed E-state index contributed by atoms with van der Waals surface area (Å²) in [7, 11) is 1.60. The van der Waals surface area contributed by atoms with Gasteiger partial charge in [0.1, 0.15) is 24.7 Å². The Hall–Kier alpha value is -3.21. The molecule has 1 aromatic heterocycles. The number of nitrogens with one attached hydrogen (secondary N) is 2. The first kappa shape index (κ1) is 26.8. The van der Waals surface area contributed by atoms with Crippen LogP contribution in [0.5, 0.6) is 17.4 Å². The lowest BCUT2D eigenvalue weighted by atomic mass is 10.2. The minimum atomic E-state index is -3.94. The molecule has 9 nitrogen and oxygen atoms in total. The van der Waals surface area contributed by atoms with E-state index in [1.165, 1.54) is 6.07 Å². The van der Waals surface area contributed by atoms with E-state index >= 15 is 0 Å². The van der Waals surface area contributed by atoms with Gasteiger partial charge in [0.15, 0.2) is 11.5 Å². The van der Waals surface area contributed by atoms with Crippen LogP contribution in [0.4, 0.5) is 11.5 Å². The zero-order valence-electron chi connectivity index (χ0n) is 21.3. The van der Waals surface area contributed by atoms with E-state index in [0.29, 0.717) is 34.5 Å². The first-order chi connectivity index (χ1) is 17.7. The number of aromatic nitrogens is 1. The van der Waals surface area contributed by atoms with Gasteiger partial charge in [0.05, 0.1) is 12.0 Å². The van der Waals surface area contributed by atoms with Crippen LogP contribution in [0.25, 0.3) is 0 Å². The Morgan fingerprint density at radius 3 is 2.70 bits per heavy atom. The number of benzene rings is 2. The van der Waals surface area contributed by atoms with Crippen molar-refractivity contribution in [2.45, 2.75) is 24.8 Å². The van der Waals surface area contributed by atoms with Crippen molar-refractivity contribution >= 4 is 33.1 Å². The minimum Gasteiger partial charge on any atom is -0.493 e. The number of halogens is 1. The van der Waals surface area contributed by atoms with Crippen molar-refractivity contribution in [3.8, 4) is 17.4 Å². The summed E-state index contributed by atoms with van der Waals surface area (Å²) in [5.41, 5.74) is 2.46. The van der Waals surface area contributed by atoms with E-state index in [9.17, 15) is 8.42 Å². The number of pyridine rings is 1. The van der Waals surface area contributed by atoms with Crippen LogP contribution in [0.1, 0.15) is 16.7 Å². The van der Waals surface area contributed by atoms with E-state index in [2.05, 4.69) is 15.0 Å². The molecule has 0 bridgehead atoms. The second-order valence-corrected chi connectivity index (χ2v) is 11.0. The van der Waals surface area contributed by atoms with Gasteiger partial charge in [-0.2, -0.15) is 4.98 Å². The molecule has 1 aliphatic heterocycles. The van der Waals surface area contributed by atoms with Gasteiger partial charge in [-0.15, -0.1) is 0 Å². The maximum absolute atomic E-state index is 13.3. The van der Waals surface area contributed by atoms with Crippen molar-refractivity contribution in [3.05, 3.63) is 64.2 Å². The Morgan fingerprint density at radius 1 is 1.14 bits per heavy atom. The molecular weight excluding hydrogens is 516 g/mol. The Kier molecular flexibility index (Phi) is 8.31. The van der Waals surface area contributed by atoms with E-state index in [1.54, 1.807) is 32.2 Å². The lowest BCUT2D eigenvalue weighted by Crippen LogP contribution is -2.19. The molecule has 2 heterocycles. The topological polar surface area (TPSA) is 102 Å². The number of hydrogen-bond acceptors (Lipinski definition) is 8. The van der Waals surface area contributed by atoms with Crippen molar-refractivity contribution in [1.82, 2.24) is 9.88 Å². The number of rotatable bonds is 11. The van der Waals surface area contributed by atoms with Crippen molar-refractivity contribution < 1.29 is 22.6 Å². The Morgan fingerprint density at radius 2 is 1.95 bits per heavy atom. The molecule has 0 saturated carbocycles. The maximum atomic E-state index is 13.3. The number of hydrogen-bond donors (Lipinski definition) is 2. The van der Waals surface area contributed by atoms with Gasteiger partial charge >= 0.3 is 0 Å². The number of nitrogens with zero attached hydrogens (tertiary/aromatic N) is 2. The van der Waals surface area contributed by atoms with Crippen LogP contribution in [0.15, 0.2) is 47.4 Å². The molecular formula is C26H31ClN4O5S. The zero-order chi connectivity index (χ0) is 26.6. The van der Waals surface area contributed by atoms with Crippen molar-refractivity contribution in [2.24, 2.45) is 0 Å². The lowest BCUT2D eigenvalue weighted by molar-refractivity contribution is 0.249. The number of methoxy groups -OCH3 is 1. The summed E-state index contributed by atoms with van der Waals surface area (Å²) in [5, 5.41) is 3.58. The van der Waals surface area contributed by atoms with Crippen LogP contribution in [0.2, 0.25) is 5.02 Å². The highest BCUT2D eigenvalue weighted by molar-refractivity contribution is 7.92. The summed E-state index contributed by atoms with van der Waals surface area (Å²) in [4.78, 5) is 6.69. The third-order valence-electron chi connectivity index (χ3n) is 5.90. The number of anilines is 2. The standard InChI is InChI=1S/C26H31ClN4O5S/c1-17-20(27)6-5-7-24(17)37(32,33)30-21-15-19-10-11-28-25(19)29-26(21)36-16-18-8-9-22(34-4)23(14-18)35-13-12-31(2)3/h5-9,14-15,30H,10-13,16H2,1-4H3,(H,28,29). The molecule has 198 valence electrons. The maximum Gasteiger partial charge on any atom is 0.262 e. The van der Waals surface area contributed by atoms with Crippen LogP contribution in [0, 0.1) is 6.92 Å². The molecule has 0 unspecified atom stereocenters. The summed E-state index contributed by atoms with van der Waals surface area (Å²) >= 11 is 6.17. The number of fused-ring (bicyclic) bond motifs is 1. The van der Waals surface area contributed by atoms with E-state index in [1.807, 2.05) is 37.2 Å². The molecule has 0 aliphatic carbocycles. The largest absolute Gasteiger partial charge is 0.493 e. The van der Waals surface area contributed by atoms with Gasteiger partial charge < -0.3 is 24.4 Å². The van der Waals surface area contributed by atoms with Gasteiger partial charge in [0.2, 0.25) is 5.88 Å². The first-order valence-electron chi connectivity index (χ1n) is 11.8. The summed E-state index contributed by atoms with van der Waals surface area (Å²) < 4.78 is 46.5. The smallest absolute Gasteiger partial charge is 0.262 e. The molecule has 0 saturated heterocycles. The molecule has 1 aliphatic rings. The fraction of sp³-hybridized carbons (Fsp3) is 0.346. The first-order valence-corrected chi connectivity index (χ1v) is 13.7. The van der Waals surface area contributed by atoms with Gasteiger partial charge in [-0.05, 0) is 74.5 Å². The molecule has 2 N–H and O–H groups in total. The normalized spacial score (nSPS) is 12.7. The Bertz CT molecular complexity index is 1380. The molecule has 0 spiro atoms. The van der Waals surface area contributed by atoms with Crippen LogP contribution in [-0.4, -0.2) is 59.2 Å². The van der Waals surface area contributed by atoms with Crippen LogP contribution >= 0.6 is 11.6 Å². The highest BCUT2D eigenvalue weighted by atomic mass is 35.5. The van der Waals surface area contributed by atoms with Gasteiger partial charge in [0.25, 0.3) is 10.0 Å². The van der Waals surface area contributed by atoms with Crippen molar-refractivity contribution in [1.29, 1.82) is 0 Å². The van der Waals surface area contributed by atoms with Crippen molar-refractivity contribution in [2.75, 3.05) is 50.9 Å². The Balaban J connectivity index is 1.58. The molecule has 37 heavy (non-hydrogen) atoms. The van der Waals surface area contributed by atoms with E-state index in [-0.39, 0.29) is 23.1 Å². The predicted molar refractivity (Wildman–Crippen MR) is 145 cm³/mol. The molecule has 3 aromatic rings. The summed E-state index contributed by atoms with van der Waals surface area (Å²) in [6.07, 6.45) is 0.736. The fourth-order valence-corrected chi connectivity index (χ4v) is 5.42. The average molecular weight is 547 g/mol. The lowest BCUT2D eigenvalue weighted by Gasteiger charge is -2.17. The highest BCUT2D eigenvalue weighted by Gasteiger charge is 2.24. The molecule has 0 atom stereocenters. The monoisotopic (exact) mass is 546 g/mol. The fourth-order valence-electron chi connectivity index (χ4n) is 3.87. The second-order valence-electron chi connectivity index (χ2n) is 8.92. The van der Waals surface area contributed by atoms with Gasteiger partial charge in [-0.1, -0.05) is 23.7 Å². The van der Waals surface area contributed by atoms with E-state index in [4.69, 9.17) is 25.8 Å². The summed E-state index contributed by atoms with van der Waals surface area (Å²) in [6, 6.07) is 12.1. The summed E-state index contributed by atoms with van der Waals surface area (Å²) in [6.45, 7) is 3.79. The number of ether oxygens (including phenoxy) is 3. The van der Waals surface area contributed by atoms with Crippen LogP contribution < -0.4 is 24.2 Å². The molecule has 0 radical (unpaired) electrons. The van der Waals surface area contributed by atoms with Crippen LogP contribution in [0.3, 0.4) is 0 Å². The molecule has 0 fully saturated rings. The van der Waals surface area contributed by atoms with Gasteiger partial charge in [-0.25, -0.2) is 8.42 Å².